The van der Waals surface area contributed by atoms with Crippen molar-refractivity contribution in [3.05, 3.63) is 36.2 Å². The highest BCUT2D eigenvalue weighted by atomic mass is 16.4. The van der Waals surface area contributed by atoms with E-state index >= 15 is 0 Å². The Morgan fingerprint density at radius 3 is 2.88 bits per heavy atom. The summed E-state index contributed by atoms with van der Waals surface area (Å²) in [6.07, 6.45) is 6.47. The molecule has 1 atom stereocenters. The summed E-state index contributed by atoms with van der Waals surface area (Å²) in [7, 11) is 0. The van der Waals surface area contributed by atoms with Crippen LogP contribution in [-0.2, 0) is 9.59 Å². The fraction of sp³-hybridized carbons (Fsp3) is 0.250. The molecule has 0 aliphatic rings. The first-order valence-corrected chi connectivity index (χ1v) is 5.25. The van der Waals surface area contributed by atoms with Crippen LogP contribution in [0.3, 0.4) is 0 Å². The minimum atomic E-state index is -1.03. The third kappa shape index (κ3) is 4.46. The fourth-order valence-corrected chi connectivity index (χ4v) is 1.20. The van der Waals surface area contributed by atoms with E-state index in [1.807, 2.05) is 0 Å². The Hall–Kier alpha value is -2.17. The van der Waals surface area contributed by atoms with Crippen LogP contribution in [0.15, 0.2) is 30.6 Å². The van der Waals surface area contributed by atoms with E-state index in [0.717, 1.165) is 5.56 Å². The van der Waals surface area contributed by atoms with Crippen molar-refractivity contribution in [2.75, 3.05) is 0 Å². The van der Waals surface area contributed by atoms with E-state index in [1.54, 1.807) is 37.5 Å². The maximum absolute atomic E-state index is 11.4. The average Bonchev–Trinajstić information content (AvgIpc) is 2.34. The highest BCUT2D eigenvalue weighted by Gasteiger charge is 2.15. The normalized spacial score (nSPS) is 12.3. The Balaban J connectivity index is 2.55. The molecule has 0 saturated heterocycles. The van der Waals surface area contributed by atoms with Gasteiger partial charge in [0.1, 0.15) is 6.04 Å². The zero-order chi connectivity index (χ0) is 12.7. The summed E-state index contributed by atoms with van der Waals surface area (Å²) >= 11 is 0. The smallest absolute Gasteiger partial charge is 0.326 e. The Bertz CT molecular complexity index is 415. The molecule has 5 nitrogen and oxygen atoms in total. The molecular formula is C12H14N2O3. The van der Waals surface area contributed by atoms with Gasteiger partial charge in [0.2, 0.25) is 5.91 Å². The van der Waals surface area contributed by atoms with Crippen LogP contribution >= 0.6 is 0 Å². The topological polar surface area (TPSA) is 79.3 Å². The van der Waals surface area contributed by atoms with Crippen LogP contribution in [0, 0.1) is 0 Å². The van der Waals surface area contributed by atoms with Gasteiger partial charge in [-0.05, 0) is 24.1 Å². The maximum atomic E-state index is 11.4. The van der Waals surface area contributed by atoms with Crippen molar-refractivity contribution in [2.45, 2.75) is 19.4 Å². The number of rotatable bonds is 5. The third-order valence-electron chi connectivity index (χ3n) is 2.13. The molecule has 0 aromatic carbocycles. The third-order valence-corrected chi connectivity index (χ3v) is 2.13. The summed E-state index contributed by atoms with van der Waals surface area (Å²) in [4.78, 5) is 26.0. The number of pyridine rings is 1. The van der Waals surface area contributed by atoms with Crippen LogP contribution in [0.2, 0.25) is 0 Å². The number of carbonyl (C=O) groups excluding carboxylic acids is 1. The summed E-state index contributed by atoms with van der Waals surface area (Å²) in [5.41, 5.74) is 0.783. The van der Waals surface area contributed by atoms with Gasteiger partial charge in [0.15, 0.2) is 0 Å². The molecular weight excluding hydrogens is 220 g/mol. The molecule has 1 rings (SSSR count). The van der Waals surface area contributed by atoms with E-state index in [0.29, 0.717) is 6.42 Å². The highest BCUT2D eigenvalue weighted by Crippen LogP contribution is 1.98. The quantitative estimate of drug-likeness (QED) is 0.747. The van der Waals surface area contributed by atoms with Crippen LogP contribution in [0.25, 0.3) is 6.08 Å². The van der Waals surface area contributed by atoms with Gasteiger partial charge in [-0.25, -0.2) is 4.79 Å². The van der Waals surface area contributed by atoms with Crippen molar-refractivity contribution >= 4 is 18.0 Å². The van der Waals surface area contributed by atoms with Gasteiger partial charge in [-0.15, -0.1) is 0 Å². The van der Waals surface area contributed by atoms with Crippen molar-refractivity contribution in [3.8, 4) is 0 Å². The number of hydrogen-bond acceptors (Lipinski definition) is 3. The van der Waals surface area contributed by atoms with E-state index in [9.17, 15) is 9.59 Å². The van der Waals surface area contributed by atoms with Crippen LogP contribution in [-0.4, -0.2) is 28.0 Å². The summed E-state index contributed by atoms with van der Waals surface area (Å²) in [5.74, 6) is -1.46. The number of aromatic nitrogens is 1. The van der Waals surface area contributed by atoms with E-state index in [2.05, 4.69) is 10.3 Å². The Kier molecular flexibility index (Phi) is 4.87. The molecule has 0 bridgehead atoms. The number of hydrogen-bond donors (Lipinski definition) is 2. The molecule has 0 spiro atoms. The number of amides is 1. The lowest BCUT2D eigenvalue weighted by Crippen LogP contribution is -2.39. The lowest BCUT2D eigenvalue weighted by molar-refractivity contribution is -0.141. The van der Waals surface area contributed by atoms with Gasteiger partial charge in [0.05, 0.1) is 0 Å². The second kappa shape index (κ2) is 6.42. The molecule has 1 amide bonds. The largest absolute Gasteiger partial charge is 0.480 e. The van der Waals surface area contributed by atoms with Gasteiger partial charge in [0, 0.05) is 18.5 Å². The van der Waals surface area contributed by atoms with Gasteiger partial charge in [-0.3, -0.25) is 9.78 Å². The van der Waals surface area contributed by atoms with Crippen molar-refractivity contribution < 1.29 is 14.7 Å². The SMILES string of the molecule is CC[C@@H](NC(=O)C=Cc1cccnc1)C(=O)O. The molecule has 0 aliphatic heterocycles. The van der Waals surface area contributed by atoms with Gasteiger partial charge in [-0.1, -0.05) is 13.0 Å². The first kappa shape index (κ1) is 12.9. The van der Waals surface area contributed by atoms with Crippen LogP contribution in [0.4, 0.5) is 0 Å². The van der Waals surface area contributed by atoms with E-state index < -0.39 is 17.9 Å². The van der Waals surface area contributed by atoms with Crippen LogP contribution in [0.5, 0.6) is 0 Å². The summed E-state index contributed by atoms with van der Waals surface area (Å²) in [6.45, 7) is 1.70. The van der Waals surface area contributed by atoms with Crippen LogP contribution in [0.1, 0.15) is 18.9 Å². The van der Waals surface area contributed by atoms with Crippen molar-refractivity contribution in [1.82, 2.24) is 10.3 Å². The molecule has 90 valence electrons. The predicted octanol–water partition coefficient (Wildman–Crippen LogP) is 1.07. The van der Waals surface area contributed by atoms with E-state index in [4.69, 9.17) is 5.11 Å². The Labute approximate surface area is 99.2 Å². The molecule has 0 aliphatic carbocycles. The number of carboxylic acid groups (broad SMARTS) is 1. The molecule has 1 aromatic rings. The molecule has 1 aromatic heterocycles. The standard InChI is InChI=1S/C12H14N2O3/c1-2-10(12(16)17)14-11(15)6-5-9-4-3-7-13-8-9/h3-8,10H,2H2,1H3,(H,14,15)(H,16,17)/t10-/m1/s1. The zero-order valence-corrected chi connectivity index (χ0v) is 9.46. The molecule has 0 radical (unpaired) electrons. The second-order valence-electron chi connectivity index (χ2n) is 3.43. The molecule has 0 saturated carbocycles. The van der Waals surface area contributed by atoms with Gasteiger partial charge in [0.25, 0.3) is 0 Å². The van der Waals surface area contributed by atoms with E-state index in [1.165, 1.54) is 6.08 Å². The van der Waals surface area contributed by atoms with Gasteiger partial charge < -0.3 is 10.4 Å². The minimum absolute atomic E-state index is 0.349. The lowest BCUT2D eigenvalue weighted by Gasteiger charge is -2.09. The molecule has 17 heavy (non-hydrogen) atoms. The summed E-state index contributed by atoms with van der Waals surface area (Å²) in [5, 5.41) is 11.1. The number of carboxylic acids is 1. The van der Waals surface area contributed by atoms with Gasteiger partial charge >= 0.3 is 5.97 Å². The first-order chi connectivity index (χ1) is 8.13. The maximum Gasteiger partial charge on any atom is 0.326 e. The highest BCUT2D eigenvalue weighted by molar-refractivity contribution is 5.94. The average molecular weight is 234 g/mol. The number of nitrogens with zero attached hydrogens (tertiary/aromatic N) is 1. The van der Waals surface area contributed by atoms with Gasteiger partial charge in [-0.2, -0.15) is 0 Å². The van der Waals surface area contributed by atoms with Crippen LogP contribution < -0.4 is 5.32 Å². The molecule has 0 fully saturated rings. The molecule has 5 heteroatoms. The van der Waals surface area contributed by atoms with Crippen molar-refractivity contribution in [1.29, 1.82) is 0 Å². The summed E-state index contributed by atoms with van der Waals surface area (Å²) < 4.78 is 0. The molecule has 2 N–H and O–H groups in total. The first-order valence-electron chi connectivity index (χ1n) is 5.25. The van der Waals surface area contributed by atoms with Crippen molar-refractivity contribution in [3.63, 3.8) is 0 Å². The minimum Gasteiger partial charge on any atom is -0.480 e. The number of carbonyl (C=O) groups is 2. The molecule has 0 unspecified atom stereocenters. The Morgan fingerprint density at radius 1 is 1.59 bits per heavy atom. The number of aliphatic carboxylic acids is 1. The fourth-order valence-electron chi connectivity index (χ4n) is 1.20. The lowest BCUT2D eigenvalue weighted by atomic mass is 10.2. The molecule has 1 heterocycles. The zero-order valence-electron chi connectivity index (χ0n) is 9.46. The number of nitrogens with one attached hydrogen (secondary N) is 1. The van der Waals surface area contributed by atoms with E-state index in [-0.39, 0.29) is 0 Å². The second-order valence-corrected chi connectivity index (χ2v) is 3.43. The Morgan fingerprint density at radius 2 is 2.35 bits per heavy atom. The van der Waals surface area contributed by atoms with Crippen molar-refractivity contribution in [2.24, 2.45) is 0 Å². The predicted molar refractivity (Wildman–Crippen MR) is 63.1 cm³/mol. The monoisotopic (exact) mass is 234 g/mol. The summed E-state index contributed by atoms with van der Waals surface area (Å²) in [6, 6.07) is 2.70.